The number of allylic oxidation sites excluding steroid dienone is 1. The molecule has 0 unspecified atom stereocenters. The van der Waals surface area contributed by atoms with Crippen LogP contribution in [0.3, 0.4) is 0 Å². The fourth-order valence-corrected chi connectivity index (χ4v) is 2.19. The highest BCUT2D eigenvalue weighted by Gasteiger charge is 2.02. The van der Waals surface area contributed by atoms with Gasteiger partial charge in [-0.15, -0.1) is 0 Å². The Morgan fingerprint density at radius 2 is 1.60 bits per heavy atom. The van der Waals surface area contributed by atoms with Crippen molar-refractivity contribution in [1.29, 1.82) is 5.41 Å². The predicted octanol–water partition coefficient (Wildman–Crippen LogP) is 4.60. The zero-order valence-corrected chi connectivity index (χ0v) is 13.5. The molecule has 126 valence electrons. The number of hydrogen-bond donors (Lipinski definition) is 2. The minimum atomic E-state index is 0.388. The van der Waals surface area contributed by atoms with E-state index in [1.54, 1.807) is 6.26 Å². The Kier molecular flexibility index (Phi) is 5.16. The van der Waals surface area contributed by atoms with Crippen molar-refractivity contribution in [2.75, 3.05) is 0 Å². The van der Waals surface area contributed by atoms with E-state index in [0.717, 1.165) is 23.3 Å². The van der Waals surface area contributed by atoms with Crippen LogP contribution >= 0.6 is 0 Å². The fourth-order valence-electron chi connectivity index (χ4n) is 2.19. The lowest BCUT2D eigenvalue weighted by Gasteiger charge is -2.08. The van der Waals surface area contributed by atoms with Crippen molar-refractivity contribution in [3.8, 4) is 17.2 Å². The molecule has 0 aliphatic carbocycles. The molecule has 0 aliphatic heterocycles. The summed E-state index contributed by atoms with van der Waals surface area (Å²) < 4.78 is 16.7. The van der Waals surface area contributed by atoms with Gasteiger partial charge < -0.3 is 25.0 Å². The molecule has 0 radical (unpaired) electrons. The maximum atomic E-state index is 7.04. The van der Waals surface area contributed by atoms with Gasteiger partial charge in [-0.3, -0.25) is 0 Å². The first-order valence-corrected chi connectivity index (χ1v) is 7.74. The Balaban J connectivity index is 1.59. The second-order valence-electron chi connectivity index (χ2n) is 5.25. The summed E-state index contributed by atoms with van der Waals surface area (Å²) in [4.78, 5) is 0. The van der Waals surface area contributed by atoms with Crippen LogP contribution < -0.4 is 15.2 Å². The maximum Gasteiger partial charge on any atom is 0.146 e. The van der Waals surface area contributed by atoms with Crippen LogP contribution in [0.4, 0.5) is 0 Å². The van der Waals surface area contributed by atoms with Gasteiger partial charge in [-0.05, 0) is 72.3 Å². The van der Waals surface area contributed by atoms with Gasteiger partial charge in [-0.2, -0.15) is 0 Å². The minimum absolute atomic E-state index is 0.388. The van der Waals surface area contributed by atoms with Crippen molar-refractivity contribution < 1.29 is 13.9 Å². The molecule has 25 heavy (non-hydrogen) atoms. The first kappa shape index (κ1) is 16.4. The maximum absolute atomic E-state index is 7.04. The average molecular weight is 334 g/mol. The molecular weight excluding hydrogens is 316 g/mol. The second kappa shape index (κ2) is 7.88. The summed E-state index contributed by atoms with van der Waals surface area (Å²) in [5, 5.41) is 7.04. The molecule has 5 heteroatoms. The van der Waals surface area contributed by atoms with Crippen LogP contribution in [0.15, 0.2) is 77.4 Å². The smallest absolute Gasteiger partial charge is 0.146 e. The van der Waals surface area contributed by atoms with E-state index in [4.69, 9.17) is 25.0 Å². The highest BCUT2D eigenvalue weighted by Crippen LogP contribution is 2.25. The number of furan rings is 1. The largest absolute Gasteiger partial charge is 0.486 e. The average Bonchev–Trinajstić information content (AvgIpc) is 3.15. The third-order valence-electron chi connectivity index (χ3n) is 3.47. The lowest BCUT2D eigenvalue weighted by Crippen LogP contribution is -1.96. The summed E-state index contributed by atoms with van der Waals surface area (Å²) in [7, 11) is 0. The van der Waals surface area contributed by atoms with Gasteiger partial charge in [-0.25, -0.2) is 0 Å². The third-order valence-corrected chi connectivity index (χ3v) is 3.47. The molecule has 0 aliphatic rings. The topological polar surface area (TPSA) is 81.5 Å². The molecule has 2 aromatic carbocycles. The van der Waals surface area contributed by atoms with E-state index in [-0.39, 0.29) is 0 Å². The van der Waals surface area contributed by atoms with Crippen LogP contribution in [-0.2, 0) is 6.61 Å². The number of nitrogens with two attached hydrogens (primary N) is 1. The van der Waals surface area contributed by atoms with Crippen molar-refractivity contribution in [3.05, 3.63) is 84.3 Å². The predicted molar refractivity (Wildman–Crippen MR) is 96.9 cm³/mol. The van der Waals surface area contributed by atoms with E-state index in [0.29, 0.717) is 23.8 Å². The molecule has 3 N–H and O–H groups in total. The Hall–Kier alpha value is -3.47. The van der Waals surface area contributed by atoms with Gasteiger partial charge in [0.2, 0.25) is 0 Å². The van der Waals surface area contributed by atoms with Crippen LogP contribution in [-0.4, -0.2) is 6.21 Å². The van der Waals surface area contributed by atoms with Gasteiger partial charge in [0, 0.05) is 11.9 Å². The van der Waals surface area contributed by atoms with Gasteiger partial charge in [0.15, 0.2) is 0 Å². The zero-order valence-electron chi connectivity index (χ0n) is 13.5. The van der Waals surface area contributed by atoms with E-state index in [2.05, 4.69) is 0 Å². The molecule has 5 nitrogen and oxygen atoms in total. The molecule has 0 spiro atoms. The monoisotopic (exact) mass is 334 g/mol. The van der Waals surface area contributed by atoms with Gasteiger partial charge in [0.1, 0.15) is 29.6 Å². The second-order valence-corrected chi connectivity index (χ2v) is 5.25. The summed E-state index contributed by atoms with van der Waals surface area (Å²) in [6.07, 6.45) is 4.32. The molecule has 0 fully saturated rings. The fraction of sp³-hybridized carbons (Fsp3) is 0.0500. The molecule has 0 bridgehead atoms. The Labute approximate surface area is 145 Å². The summed E-state index contributed by atoms with van der Waals surface area (Å²) in [5.41, 5.74) is 7.22. The molecule has 0 saturated heterocycles. The Bertz CT molecular complexity index is 836. The number of ether oxygens (including phenoxy) is 2. The SMILES string of the molecule is N=C/C=C(\N)c1ccc(Oc2ccc(OCc3ccco3)cc2)cc1. The normalized spacial score (nSPS) is 11.1. The first-order valence-electron chi connectivity index (χ1n) is 7.74. The molecule has 0 saturated carbocycles. The van der Waals surface area contributed by atoms with Crippen LogP contribution in [0.25, 0.3) is 5.70 Å². The van der Waals surface area contributed by atoms with E-state index < -0.39 is 0 Å². The van der Waals surface area contributed by atoms with Crippen molar-refractivity contribution in [2.24, 2.45) is 5.73 Å². The van der Waals surface area contributed by atoms with Crippen LogP contribution in [0.2, 0.25) is 0 Å². The highest BCUT2D eigenvalue weighted by molar-refractivity contribution is 5.81. The summed E-state index contributed by atoms with van der Waals surface area (Å²) >= 11 is 0. The first-order chi connectivity index (χ1) is 12.2. The van der Waals surface area contributed by atoms with Crippen molar-refractivity contribution in [3.63, 3.8) is 0 Å². The standard InChI is InChI=1S/C20H18N2O3/c21-12-11-20(22)15-3-5-17(6-4-15)25-18-9-7-16(8-10-18)24-14-19-2-1-13-23-19/h1-13,21H,14,22H2/b20-11-,21-12?. The van der Waals surface area contributed by atoms with Crippen molar-refractivity contribution in [1.82, 2.24) is 0 Å². The van der Waals surface area contributed by atoms with Gasteiger partial charge >= 0.3 is 0 Å². The zero-order chi connectivity index (χ0) is 17.5. The lowest BCUT2D eigenvalue weighted by molar-refractivity contribution is 0.270. The lowest BCUT2D eigenvalue weighted by atomic mass is 10.1. The van der Waals surface area contributed by atoms with Gasteiger partial charge in [0.05, 0.1) is 6.26 Å². The summed E-state index contributed by atoms with van der Waals surface area (Å²) in [6, 6.07) is 18.4. The van der Waals surface area contributed by atoms with Crippen LogP contribution in [0, 0.1) is 5.41 Å². The third kappa shape index (κ3) is 4.51. The van der Waals surface area contributed by atoms with Crippen LogP contribution in [0.5, 0.6) is 17.2 Å². The van der Waals surface area contributed by atoms with E-state index in [9.17, 15) is 0 Å². The summed E-state index contributed by atoms with van der Waals surface area (Å²) in [6.45, 7) is 0.388. The Morgan fingerprint density at radius 3 is 2.20 bits per heavy atom. The molecule has 1 aromatic heterocycles. The van der Waals surface area contributed by atoms with Gasteiger partial charge in [-0.1, -0.05) is 0 Å². The minimum Gasteiger partial charge on any atom is -0.486 e. The molecule has 0 amide bonds. The summed E-state index contributed by atoms with van der Waals surface area (Å²) in [5.74, 6) is 2.93. The number of nitrogens with one attached hydrogen (secondary N) is 1. The number of hydrogen-bond acceptors (Lipinski definition) is 5. The Morgan fingerprint density at radius 1 is 0.960 bits per heavy atom. The number of benzene rings is 2. The molecular formula is C20H18N2O3. The van der Waals surface area contributed by atoms with Crippen molar-refractivity contribution >= 4 is 11.9 Å². The van der Waals surface area contributed by atoms with Gasteiger partial charge in [0.25, 0.3) is 0 Å². The quantitative estimate of drug-likeness (QED) is 0.619. The van der Waals surface area contributed by atoms with Crippen LogP contribution in [0.1, 0.15) is 11.3 Å². The molecule has 0 atom stereocenters. The van der Waals surface area contributed by atoms with E-state index >= 15 is 0 Å². The molecule has 3 aromatic rings. The van der Waals surface area contributed by atoms with E-state index in [1.165, 1.54) is 6.08 Å². The number of rotatable bonds is 7. The molecule has 1 heterocycles. The van der Waals surface area contributed by atoms with E-state index in [1.807, 2.05) is 60.7 Å². The molecule has 3 rings (SSSR count). The highest BCUT2D eigenvalue weighted by atomic mass is 16.5. The van der Waals surface area contributed by atoms with Crippen molar-refractivity contribution in [2.45, 2.75) is 6.61 Å².